The van der Waals surface area contributed by atoms with Gasteiger partial charge in [0.05, 0.1) is 25.3 Å². The summed E-state index contributed by atoms with van der Waals surface area (Å²) < 4.78 is 4.95. The van der Waals surface area contributed by atoms with E-state index in [2.05, 4.69) is 16.8 Å². The Kier molecular flexibility index (Phi) is 7.29. The molecule has 0 atom stereocenters. The third-order valence-electron chi connectivity index (χ3n) is 2.54. The molecule has 6 nitrogen and oxygen atoms in total. The van der Waals surface area contributed by atoms with Crippen molar-refractivity contribution in [1.82, 2.24) is 9.88 Å². The van der Waals surface area contributed by atoms with Gasteiger partial charge in [-0.3, -0.25) is 9.78 Å². The van der Waals surface area contributed by atoms with Gasteiger partial charge in [-0.05, 0) is 6.07 Å². The number of amides is 1. The van der Waals surface area contributed by atoms with Crippen molar-refractivity contribution in [2.75, 3.05) is 40.0 Å². The van der Waals surface area contributed by atoms with Gasteiger partial charge in [-0.1, -0.05) is 11.8 Å². The van der Waals surface area contributed by atoms with Crippen LogP contribution in [0.1, 0.15) is 15.9 Å². The second-order valence-electron chi connectivity index (χ2n) is 3.98. The maximum Gasteiger partial charge on any atom is 0.255 e. The van der Waals surface area contributed by atoms with Gasteiger partial charge >= 0.3 is 0 Å². The fraction of sp³-hybridized carbons (Fsp3) is 0.429. The fourth-order valence-electron chi connectivity index (χ4n) is 1.60. The summed E-state index contributed by atoms with van der Waals surface area (Å²) in [4.78, 5) is 17.8. The van der Waals surface area contributed by atoms with Crippen molar-refractivity contribution < 1.29 is 14.6 Å². The molecule has 0 fully saturated rings. The lowest BCUT2D eigenvalue weighted by Gasteiger charge is -2.21. The lowest BCUT2D eigenvalue weighted by Crippen LogP contribution is -2.36. The number of aliphatic hydroxyl groups is 1. The summed E-state index contributed by atoms with van der Waals surface area (Å²) in [6, 6.07) is 1.66. The lowest BCUT2D eigenvalue weighted by molar-refractivity contribution is 0.0656. The van der Waals surface area contributed by atoms with Gasteiger partial charge in [0.1, 0.15) is 0 Å². The summed E-state index contributed by atoms with van der Waals surface area (Å²) in [5.41, 5.74) is 6.37. The molecule has 0 bridgehead atoms. The number of aromatic nitrogens is 1. The molecule has 0 aliphatic heterocycles. The van der Waals surface area contributed by atoms with E-state index in [4.69, 9.17) is 15.6 Å². The highest BCUT2D eigenvalue weighted by atomic mass is 16.5. The molecular weight excluding hydrogens is 258 g/mol. The van der Waals surface area contributed by atoms with E-state index in [-0.39, 0.29) is 25.6 Å². The Morgan fingerprint density at radius 3 is 2.95 bits per heavy atom. The first-order chi connectivity index (χ1) is 9.72. The van der Waals surface area contributed by atoms with Crippen LogP contribution < -0.4 is 5.73 Å². The number of rotatable bonds is 6. The highest BCUT2D eigenvalue weighted by Crippen LogP contribution is 2.06. The number of methoxy groups -OCH3 is 1. The fourth-order valence-corrected chi connectivity index (χ4v) is 1.60. The molecule has 1 amide bonds. The van der Waals surface area contributed by atoms with E-state index >= 15 is 0 Å². The average Bonchev–Trinajstić information content (AvgIpc) is 2.49. The third-order valence-corrected chi connectivity index (χ3v) is 2.54. The van der Waals surface area contributed by atoms with E-state index in [1.54, 1.807) is 19.4 Å². The van der Waals surface area contributed by atoms with Gasteiger partial charge in [0.25, 0.3) is 5.91 Å². The standard InChI is InChI=1S/C14H19N3O3/c1-20-8-6-17(5-7-18)14(19)13-9-12(3-2-4-15)10-16-11-13/h9-11,18H,4-8,15H2,1H3. The predicted octanol–water partition coefficient (Wildman–Crippen LogP) is -0.527. The Hall–Kier alpha value is -1.94. The molecule has 20 heavy (non-hydrogen) atoms. The van der Waals surface area contributed by atoms with E-state index in [0.29, 0.717) is 24.3 Å². The highest BCUT2D eigenvalue weighted by Gasteiger charge is 2.15. The van der Waals surface area contributed by atoms with Gasteiger partial charge in [-0.25, -0.2) is 0 Å². The Morgan fingerprint density at radius 2 is 2.30 bits per heavy atom. The highest BCUT2D eigenvalue weighted by molar-refractivity contribution is 5.94. The molecule has 0 saturated carbocycles. The van der Waals surface area contributed by atoms with Crippen molar-refractivity contribution in [3.63, 3.8) is 0 Å². The molecule has 0 aromatic carbocycles. The summed E-state index contributed by atoms with van der Waals surface area (Å²) in [6.45, 7) is 1.22. The monoisotopic (exact) mass is 277 g/mol. The number of hydrogen-bond acceptors (Lipinski definition) is 5. The zero-order valence-electron chi connectivity index (χ0n) is 11.5. The van der Waals surface area contributed by atoms with E-state index in [0.717, 1.165) is 0 Å². The SMILES string of the molecule is COCCN(CCO)C(=O)c1cncc(C#CCN)c1. The Morgan fingerprint density at radius 1 is 1.50 bits per heavy atom. The summed E-state index contributed by atoms with van der Waals surface area (Å²) in [7, 11) is 1.56. The van der Waals surface area contributed by atoms with Gasteiger partial charge in [0, 0.05) is 38.2 Å². The molecule has 108 valence electrons. The van der Waals surface area contributed by atoms with Crippen LogP contribution in [0.4, 0.5) is 0 Å². The zero-order valence-corrected chi connectivity index (χ0v) is 11.5. The number of carbonyl (C=O) groups is 1. The molecule has 0 unspecified atom stereocenters. The third kappa shape index (κ3) is 4.97. The maximum atomic E-state index is 12.3. The predicted molar refractivity (Wildman–Crippen MR) is 75.0 cm³/mol. The number of ether oxygens (including phenoxy) is 1. The van der Waals surface area contributed by atoms with Crippen LogP contribution in [0, 0.1) is 11.8 Å². The van der Waals surface area contributed by atoms with Crippen molar-refractivity contribution >= 4 is 5.91 Å². The van der Waals surface area contributed by atoms with Crippen LogP contribution in [0.2, 0.25) is 0 Å². The lowest BCUT2D eigenvalue weighted by atomic mass is 10.2. The van der Waals surface area contributed by atoms with Crippen LogP contribution in [-0.4, -0.2) is 60.9 Å². The largest absolute Gasteiger partial charge is 0.395 e. The van der Waals surface area contributed by atoms with Crippen LogP contribution in [0.25, 0.3) is 0 Å². The molecule has 1 aromatic heterocycles. The van der Waals surface area contributed by atoms with Crippen molar-refractivity contribution in [2.24, 2.45) is 5.73 Å². The number of nitrogens with zero attached hydrogens (tertiary/aromatic N) is 2. The van der Waals surface area contributed by atoms with E-state index in [1.807, 2.05) is 0 Å². The normalized spacial score (nSPS) is 9.75. The number of hydrogen-bond donors (Lipinski definition) is 2. The molecule has 0 aliphatic carbocycles. The molecule has 1 aromatic rings. The van der Waals surface area contributed by atoms with Crippen LogP contribution >= 0.6 is 0 Å². The number of nitrogens with two attached hydrogens (primary N) is 1. The second-order valence-corrected chi connectivity index (χ2v) is 3.98. The van der Waals surface area contributed by atoms with Gasteiger partial charge in [-0.2, -0.15) is 0 Å². The minimum atomic E-state index is -0.208. The number of aliphatic hydroxyl groups excluding tert-OH is 1. The van der Waals surface area contributed by atoms with Gasteiger partial charge < -0.3 is 20.5 Å². The molecule has 0 aliphatic rings. The first kappa shape index (κ1) is 16.1. The summed E-state index contributed by atoms with van der Waals surface area (Å²) in [6.07, 6.45) is 3.05. The summed E-state index contributed by atoms with van der Waals surface area (Å²) in [5, 5.41) is 9.02. The second kappa shape index (κ2) is 9.04. The van der Waals surface area contributed by atoms with Crippen molar-refractivity contribution in [3.05, 3.63) is 29.6 Å². The summed E-state index contributed by atoms with van der Waals surface area (Å²) >= 11 is 0. The quantitative estimate of drug-likeness (QED) is 0.683. The first-order valence-electron chi connectivity index (χ1n) is 6.26. The van der Waals surface area contributed by atoms with Gasteiger partial charge in [0.2, 0.25) is 0 Å². The van der Waals surface area contributed by atoms with Crippen LogP contribution in [0.3, 0.4) is 0 Å². The molecule has 0 radical (unpaired) electrons. The van der Waals surface area contributed by atoms with Crippen LogP contribution in [-0.2, 0) is 4.74 Å². The molecular formula is C14H19N3O3. The zero-order chi connectivity index (χ0) is 14.8. The van der Waals surface area contributed by atoms with E-state index < -0.39 is 0 Å². The topological polar surface area (TPSA) is 88.7 Å². The van der Waals surface area contributed by atoms with Gasteiger partial charge in [-0.15, -0.1) is 0 Å². The average molecular weight is 277 g/mol. The first-order valence-corrected chi connectivity index (χ1v) is 6.26. The Balaban J connectivity index is 2.87. The Bertz CT molecular complexity index is 494. The minimum absolute atomic E-state index is 0.102. The van der Waals surface area contributed by atoms with Crippen molar-refractivity contribution in [2.45, 2.75) is 0 Å². The Labute approximate surface area is 118 Å². The van der Waals surface area contributed by atoms with Crippen molar-refractivity contribution in [3.8, 4) is 11.8 Å². The van der Waals surface area contributed by atoms with Crippen LogP contribution in [0.5, 0.6) is 0 Å². The molecule has 1 heterocycles. The molecule has 1 rings (SSSR count). The smallest absolute Gasteiger partial charge is 0.255 e. The maximum absolute atomic E-state index is 12.3. The molecule has 0 spiro atoms. The molecule has 0 saturated heterocycles. The van der Waals surface area contributed by atoms with E-state index in [1.165, 1.54) is 11.1 Å². The number of carbonyl (C=O) groups excluding carboxylic acids is 1. The van der Waals surface area contributed by atoms with E-state index in [9.17, 15) is 4.79 Å². The summed E-state index contributed by atoms with van der Waals surface area (Å²) in [5.74, 6) is 5.34. The van der Waals surface area contributed by atoms with Gasteiger partial charge in [0.15, 0.2) is 0 Å². The molecule has 6 heteroatoms. The molecule has 3 N–H and O–H groups in total. The minimum Gasteiger partial charge on any atom is -0.395 e. The number of pyridine rings is 1. The van der Waals surface area contributed by atoms with Crippen LogP contribution in [0.15, 0.2) is 18.5 Å². The van der Waals surface area contributed by atoms with Crippen molar-refractivity contribution in [1.29, 1.82) is 0 Å².